The largest absolute Gasteiger partial charge is 0.363 e. The SMILES string of the molecule is C=CCN1C(=O)C(c2ccc([N+](=O)[O-])cc2)=C(N2CCN(c3ncccn3)CC2)C1=O. The number of nitro benzene ring substituents is 1. The van der Waals surface area contributed by atoms with E-state index in [2.05, 4.69) is 16.5 Å². The molecule has 0 N–H and O–H groups in total. The van der Waals surface area contributed by atoms with Gasteiger partial charge in [0.2, 0.25) is 5.95 Å². The van der Waals surface area contributed by atoms with Gasteiger partial charge in [-0.05, 0) is 23.8 Å². The molecule has 10 nitrogen and oxygen atoms in total. The molecule has 0 unspecified atom stereocenters. The third-order valence-corrected chi connectivity index (χ3v) is 5.25. The van der Waals surface area contributed by atoms with Gasteiger partial charge in [-0.15, -0.1) is 6.58 Å². The number of nitrogens with zero attached hydrogens (tertiary/aromatic N) is 6. The number of carbonyl (C=O) groups is 2. The molecule has 2 aliphatic heterocycles. The van der Waals surface area contributed by atoms with E-state index in [1.165, 1.54) is 30.3 Å². The molecule has 1 fully saturated rings. The Morgan fingerprint density at radius 2 is 1.61 bits per heavy atom. The van der Waals surface area contributed by atoms with Gasteiger partial charge < -0.3 is 9.80 Å². The molecule has 0 saturated carbocycles. The van der Waals surface area contributed by atoms with E-state index >= 15 is 0 Å². The minimum absolute atomic E-state index is 0.0814. The molecule has 0 bridgehead atoms. The van der Waals surface area contributed by atoms with Gasteiger partial charge in [0.15, 0.2) is 0 Å². The summed E-state index contributed by atoms with van der Waals surface area (Å²) in [4.78, 5) is 50.2. The zero-order valence-corrected chi connectivity index (χ0v) is 16.7. The number of imide groups is 1. The van der Waals surface area contributed by atoms with Gasteiger partial charge in [-0.3, -0.25) is 24.6 Å². The van der Waals surface area contributed by atoms with Crippen molar-refractivity contribution in [2.75, 3.05) is 37.6 Å². The van der Waals surface area contributed by atoms with Crippen LogP contribution in [0, 0.1) is 10.1 Å². The average molecular weight is 420 g/mol. The van der Waals surface area contributed by atoms with Gasteiger partial charge in [0.1, 0.15) is 5.70 Å². The third-order valence-electron chi connectivity index (χ3n) is 5.25. The van der Waals surface area contributed by atoms with Crippen molar-refractivity contribution in [3.05, 3.63) is 76.8 Å². The molecule has 1 saturated heterocycles. The van der Waals surface area contributed by atoms with Crippen LogP contribution in [-0.4, -0.2) is 69.2 Å². The molecule has 158 valence electrons. The summed E-state index contributed by atoms with van der Waals surface area (Å²) in [5.74, 6) is -0.195. The number of rotatable bonds is 6. The number of hydrogen-bond acceptors (Lipinski definition) is 8. The number of anilines is 1. The number of non-ortho nitro benzene ring substituents is 1. The van der Waals surface area contributed by atoms with E-state index in [9.17, 15) is 19.7 Å². The van der Waals surface area contributed by atoms with Gasteiger partial charge in [-0.25, -0.2) is 9.97 Å². The summed E-state index contributed by atoms with van der Waals surface area (Å²) in [6.07, 6.45) is 4.85. The zero-order valence-electron chi connectivity index (χ0n) is 16.7. The Labute approximate surface area is 178 Å². The van der Waals surface area contributed by atoms with Gasteiger partial charge in [0, 0.05) is 57.3 Å². The minimum Gasteiger partial charge on any atom is -0.363 e. The lowest BCUT2D eigenvalue weighted by atomic mass is 10.0. The highest BCUT2D eigenvalue weighted by molar-refractivity contribution is 6.35. The molecule has 3 heterocycles. The fourth-order valence-corrected chi connectivity index (χ4v) is 3.75. The summed E-state index contributed by atoms with van der Waals surface area (Å²) in [5.41, 5.74) is 0.960. The first-order chi connectivity index (χ1) is 15.0. The van der Waals surface area contributed by atoms with E-state index in [0.29, 0.717) is 43.4 Å². The average Bonchev–Trinajstić information content (AvgIpc) is 3.05. The first-order valence-corrected chi connectivity index (χ1v) is 9.74. The highest BCUT2D eigenvalue weighted by Crippen LogP contribution is 2.33. The topological polar surface area (TPSA) is 113 Å². The number of hydrogen-bond donors (Lipinski definition) is 0. The first-order valence-electron chi connectivity index (χ1n) is 9.74. The number of aromatic nitrogens is 2. The summed E-state index contributed by atoms with van der Waals surface area (Å²) in [6, 6.07) is 7.42. The molecule has 31 heavy (non-hydrogen) atoms. The van der Waals surface area contributed by atoms with Crippen LogP contribution in [0.25, 0.3) is 5.57 Å². The van der Waals surface area contributed by atoms with Crippen LogP contribution >= 0.6 is 0 Å². The zero-order chi connectivity index (χ0) is 22.0. The second-order valence-corrected chi connectivity index (χ2v) is 7.06. The predicted molar refractivity (Wildman–Crippen MR) is 113 cm³/mol. The fraction of sp³-hybridized carbons (Fsp3) is 0.238. The molecule has 0 radical (unpaired) electrons. The maximum atomic E-state index is 13.1. The quantitative estimate of drug-likeness (QED) is 0.299. The highest BCUT2D eigenvalue weighted by atomic mass is 16.6. The van der Waals surface area contributed by atoms with Crippen LogP contribution in [0.5, 0.6) is 0 Å². The first kappa shape index (κ1) is 20.2. The normalized spacial score (nSPS) is 16.8. The number of nitro groups is 1. The Bertz CT molecular complexity index is 1060. The molecule has 1 aromatic carbocycles. The highest BCUT2D eigenvalue weighted by Gasteiger charge is 2.41. The second kappa shape index (κ2) is 8.34. The Morgan fingerprint density at radius 3 is 2.19 bits per heavy atom. The number of benzene rings is 1. The van der Waals surface area contributed by atoms with E-state index < -0.39 is 10.8 Å². The van der Waals surface area contributed by atoms with Crippen LogP contribution in [0.3, 0.4) is 0 Å². The summed E-state index contributed by atoms with van der Waals surface area (Å²) in [6.45, 7) is 5.91. The summed E-state index contributed by atoms with van der Waals surface area (Å²) >= 11 is 0. The van der Waals surface area contributed by atoms with Crippen molar-refractivity contribution in [3.63, 3.8) is 0 Å². The maximum Gasteiger partial charge on any atom is 0.278 e. The smallest absolute Gasteiger partial charge is 0.278 e. The molecule has 0 atom stereocenters. The van der Waals surface area contributed by atoms with Crippen LogP contribution in [0.4, 0.5) is 11.6 Å². The number of amides is 2. The van der Waals surface area contributed by atoms with Crippen molar-refractivity contribution in [3.8, 4) is 0 Å². The van der Waals surface area contributed by atoms with E-state index in [-0.39, 0.29) is 23.7 Å². The molecular weight excluding hydrogens is 400 g/mol. The number of carbonyl (C=O) groups excluding carboxylic acids is 2. The van der Waals surface area contributed by atoms with Crippen molar-refractivity contribution in [1.82, 2.24) is 19.8 Å². The van der Waals surface area contributed by atoms with Gasteiger partial charge in [0.05, 0.1) is 10.5 Å². The van der Waals surface area contributed by atoms with E-state index in [0.717, 1.165) is 4.90 Å². The number of piperazine rings is 1. The predicted octanol–water partition coefficient (Wildman–Crippen LogP) is 1.47. The van der Waals surface area contributed by atoms with Crippen LogP contribution in [0.2, 0.25) is 0 Å². The monoisotopic (exact) mass is 420 g/mol. The molecule has 1 aromatic heterocycles. The van der Waals surface area contributed by atoms with Crippen molar-refractivity contribution >= 4 is 29.0 Å². The second-order valence-electron chi connectivity index (χ2n) is 7.06. The lowest BCUT2D eigenvalue weighted by Gasteiger charge is -2.36. The van der Waals surface area contributed by atoms with Gasteiger partial charge >= 0.3 is 0 Å². The summed E-state index contributed by atoms with van der Waals surface area (Å²) in [7, 11) is 0. The maximum absolute atomic E-state index is 13.1. The molecule has 4 rings (SSSR count). The summed E-state index contributed by atoms with van der Waals surface area (Å²) < 4.78 is 0. The molecule has 0 spiro atoms. The lowest BCUT2D eigenvalue weighted by molar-refractivity contribution is -0.384. The van der Waals surface area contributed by atoms with Gasteiger partial charge in [-0.1, -0.05) is 6.08 Å². The van der Waals surface area contributed by atoms with Crippen molar-refractivity contribution < 1.29 is 14.5 Å². The Kier molecular flexibility index (Phi) is 5.44. The van der Waals surface area contributed by atoms with Gasteiger partial charge in [0.25, 0.3) is 17.5 Å². The van der Waals surface area contributed by atoms with Crippen molar-refractivity contribution in [2.45, 2.75) is 0 Å². The van der Waals surface area contributed by atoms with Crippen molar-refractivity contribution in [2.24, 2.45) is 0 Å². The van der Waals surface area contributed by atoms with Gasteiger partial charge in [-0.2, -0.15) is 0 Å². The molecular formula is C21H20N6O4. The standard InChI is InChI=1S/C21H20N6O4/c1-2-10-26-19(28)17(15-4-6-16(7-5-15)27(30)31)18(20(26)29)24-11-13-25(14-12-24)21-22-8-3-9-23-21/h2-9H,1,10-14H2. The Hall–Kier alpha value is -4.08. The van der Waals surface area contributed by atoms with Crippen LogP contribution < -0.4 is 4.90 Å². The van der Waals surface area contributed by atoms with Crippen LogP contribution in [0.1, 0.15) is 5.56 Å². The molecule has 2 aliphatic rings. The third kappa shape index (κ3) is 3.75. The van der Waals surface area contributed by atoms with E-state index in [1.807, 2.05) is 9.80 Å². The molecule has 10 heteroatoms. The molecule has 2 amide bonds. The molecule has 0 aliphatic carbocycles. The van der Waals surface area contributed by atoms with E-state index in [1.54, 1.807) is 18.5 Å². The van der Waals surface area contributed by atoms with Crippen LogP contribution in [0.15, 0.2) is 61.1 Å². The Morgan fingerprint density at radius 1 is 1.00 bits per heavy atom. The fourth-order valence-electron chi connectivity index (χ4n) is 3.75. The molecule has 2 aromatic rings. The Balaban J connectivity index is 1.65. The van der Waals surface area contributed by atoms with E-state index in [4.69, 9.17) is 0 Å². The lowest BCUT2D eigenvalue weighted by Crippen LogP contribution is -2.48. The van der Waals surface area contributed by atoms with Crippen LogP contribution in [-0.2, 0) is 9.59 Å². The minimum atomic E-state index is -0.504. The van der Waals surface area contributed by atoms with Crippen molar-refractivity contribution in [1.29, 1.82) is 0 Å². The summed E-state index contributed by atoms with van der Waals surface area (Å²) in [5, 5.41) is 11.0.